The normalized spacial score (nSPS) is 56.4. The molecule has 0 amide bonds. The number of aliphatic hydroxyl groups is 1. The Morgan fingerprint density at radius 2 is 1.86 bits per heavy atom. The molecule has 4 rings (SSSR count). The first-order valence-corrected chi connectivity index (χ1v) is 9.84. The standard InChI is InChI=1S/C21H34O/c1-4-14-8-9-16-19-17(10-12-21(14,16)3)20(2)11-6-5-7-15(20)13-18(19)22/h4,15-19,22H,5-13H2,1-3H3/b14-4-/t15?,16?,17?,18?,19?,20-,21+/m0/s1. The van der Waals surface area contributed by atoms with E-state index in [0.717, 1.165) is 24.2 Å². The van der Waals surface area contributed by atoms with Crippen LogP contribution in [0, 0.1) is 34.5 Å². The molecule has 0 aromatic rings. The Kier molecular flexibility index (Phi) is 3.53. The minimum Gasteiger partial charge on any atom is -0.393 e. The molecule has 0 bridgehead atoms. The second-order valence-corrected chi connectivity index (χ2v) is 9.35. The topological polar surface area (TPSA) is 20.2 Å². The van der Waals surface area contributed by atoms with Gasteiger partial charge in [0.2, 0.25) is 0 Å². The van der Waals surface area contributed by atoms with Crippen LogP contribution in [-0.2, 0) is 0 Å². The Morgan fingerprint density at radius 3 is 2.64 bits per heavy atom. The lowest BCUT2D eigenvalue weighted by Crippen LogP contribution is -2.57. The van der Waals surface area contributed by atoms with Gasteiger partial charge in [0.05, 0.1) is 6.10 Å². The van der Waals surface area contributed by atoms with E-state index in [2.05, 4.69) is 26.8 Å². The smallest absolute Gasteiger partial charge is 0.0577 e. The fourth-order valence-electron chi connectivity index (χ4n) is 7.58. The summed E-state index contributed by atoms with van der Waals surface area (Å²) in [5, 5.41) is 11.1. The predicted octanol–water partition coefficient (Wildman–Crippen LogP) is 5.34. The van der Waals surface area contributed by atoms with Crippen molar-refractivity contribution in [1.29, 1.82) is 0 Å². The Hall–Kier alpha value is -0.300. The summed E-state index contributed by atoms with van der Waals surface area (Å²) in [6.45, 7) is 7.33. The monoisotopic (exact) mass is 302 g/mol. The highest BCUT2D eigenvalue weighted by Gasteiger charge is 2.60. The largest absolute Gasteiger partial charge is 0.393 e. The quantitative estimate of drug-likeness (QED) is 0.599. The summed E-state index contributed by atoms with van der Waals surface area (Å²) < 4.78 is 0. The van der Waals surface area contributed by atoms with E-state index in [-0.39, 0.29) is 6.10 Å². The van der Waals surface area contributed by atoms with Crippen LogP contribution in [-0.4, -0.2) is 11.2 Å². The van der Waals surface area contributed by atoms with Crippen molar-refractivity contribution in [1.82, 2.24) is 0 Å². The van der Waals surface area contributed by atoms with Crippen molar-refractivity contribution in [3.05, 3.63) is 11.6 Å². The predicted molar refractivity (Wildman–Crippen MR) is 91.5 cm³/mol. The van der Waals surface area contributed by atoms with Gasteiger partial charge in [-0.05, 0) is 86.4 Å². The van der Waals surface area contributed by atoms with Gasteiger partial charge in [0.15, 0.2) is 0 Å². The van der Waals surface area contributed by atoms with Gasteiger partial charge in [-0.25, -0.2) is 0 Å². The number of aliphatic hydroxyl groups excluding tert-OH is 1. The summed E-state index contributed by atoms with van der Waals surface area (Å²) in [6.07, 6.45) is 14.4. The maximum Gasteiger partial charge on any atom is 0.0577 e. The first-order valence-electron chi connectivity index (χ1n) is 9.84. The van der Waals surface area contributed by atoms with Crippen molar-refractivity contribution < 1.29 is 5.11 Å². The summed E-state index contributed by atoms with van der Waals surface area (Å²) in [5.41, 5.74) is 2.62. The van der Waals surface area contributed by atoms with Gasteiger partial charge in [0, 0.05) is 0 Å². The average Bonchev–Trinajstić information content (AvgIpc) is 2.84. The van der Waals surface area contributed by atoms with Crippen molar-refractivity contribution in [3.63, 3.8) is 0 Å². The van der Waals surface area contributed by atoms with Crippen LogP contribution in [0.3, 0.4) is 0 Å². The molecule has 0 aromatic heterocycles. The summed E-state index contributed by atoms with van der Waals surface area (Å²) in [5.74, 6) is 2.91. The van der Waals surface area contributed by atoms with Gasteiger partial charge in [0.1, 0.15) is 0 Å². The SMILES string of the molecule is C/C=C1/CCC2C3C(O)CC4CCCC[C@]4(C)C3CC[C@]12C. The molecule has 5 unspecified atom stereocenters. The molecule has 4 aliphatic rings. The first kappa shape index (κ1) is 15.2. The lowest BCUT2D eigenvalue weighted by molar-refractivity contribution is -0.153. The van der Waals surface area contributed by atoms with Crippen LogP contribution in [0.1, 0.15) is 78.6 Å². The van der Waals surface area contributed by atoms with Crippen molar-refractivity contribution >= 4 is 0 Å². The van der Waals surface area contributed by atoms with Gasteiger partial charge in [-0.15, -0.1) is 0 Å². The molecule has 1 heteroatoms. The molecule has 4 fully saturated rings. The van der Waals surface area contributed by atoms with E-state index >= 15 is 0 Å². The third kappa shape index (κ3) is 1.87. The van der Waals surface area contributed by atoms with E-state index in [1.807, 2.05) is 0 Å². The highest BCUT2D eigenvalue weighted by atomic mass is 16.3. The molecule has 4 aliphatic carbocycles. The van der Waals surface area contributed by atoms with Crippen LogP contribution in [0.2, 0.25) is 0 Å². The van der Waals surface area contributed by atoms with E-state index < -0.39 is 0 Å². The van der Waals surface area contributed by atoms with Crippen molar-refractivity contribution in [2.75, 3.05) is 0 Å². The maximum atomic E-state index is 11.1. The highest BCUT2D eigenvalue weighted by Crippen LogP contribution is 2.67. The molecule has 124 valence electrons. The molecule has 0 heterocycles. The van der Waals surface area contributed by atoms with E-state index in [1.165, 1.54) is 51.4 Å². The number of rotatable bonds is 0. The molecule has 7 atom stereocenters. The number of allylic oxidation sites excluding steroid dienone is 2. The Labute approximate surface area is 136 Å². The van der Waals surface area contributed by atoms with E-state index in [4.69, 9.17) is 0 Å². The number of hydrogen-bond donors (Lipinski definition) is 1. The Bertz CT molecular complexity index is 480. The van der Waals surface area contributed by atoms with Gasteiger partial charge >= 0.3 is 0 Å². The zero-order valence-electron chi connectivity index (χ0n) is 14.8. The van der Waals surface area contributed by atoms with Gasteiger partial charge in [-0.1, -0.05) is 38.3 Å². The van der Waals surface area contributed by atoms with Crippen molar-refractivity contribution in [3.8, 4) is 0 Å². The molecule has 22 heavy (non-hydrogen) atoms. The average molecular weight is 303 g/mol. The van der Waals surface area contributed by atoms with Crippen LogP contribution < -0.4 is 0 Å². The molecule has 0 radical (unpaired) electrons. The molecule has 0 aromatic carbocycles. The molecule has 0 saturated heterocycles. The molecule has 1 nitrogen and oxygen atoms in total. The first-order chi connectivity index (χ1) is 10.5. The van der Waals surface area contributed by atoms with Crippen LogP contribution in [0.5, 0.6) is 0 Å². The molecule has 1 N–H and O–H groups in total. The zero-order chi connectivity index (χ0) is 15.5. The van der Waals surface area contributed by atoms with Crippen LogP contribution in [0.25, 0.3) is 0 Å². The van der Waals surface area contributed by atoms with Gasteiger partial charge in [-0.3, -0.25) is 0 Å². The van der Waals surface area contributed by atoms with Gasteiger partial charge in [0.25, 0.3) is 0 Å². The molecule has 0 aliphatic heterocycles. The minimum absolute atomic E-state index is 0.0259. The second-order valence-electron chi connectivity index (χ2n) is 9.35. The van der Waals surface area contributed by atoms with Crippen LogP contribution in [0.15, 0.2) is 11.6 Å². The highest BCUT2D eigenvalue weighted by molar-refractivity contribution is 5.24. The van der Waals surface area contributed by atoms with Gasteiger partial charge in [-0.2, -0.15) is 0 Å². The molecular formula is C21H34O. The summed E-state index contributed by atoms with van der Waals surface area (Å²) in [7, 11) is 0. The minimum atomic E-state index is -0.0259. The summed E-state index contributed by atoms with van der Waals surface area (Å²) >= 11 is 0. The van der Waals surface area contributed by atoms with Crippen molar-refractivity contribution in [2.24, 2.45) is 34.5 Å². The fraction of sp³-hybridized carbons (Fsp3) is 0.905. The summed E-state index contributed by atoms with van der Waals surface area (Å²) in [6, 6.07) is 0. The third-order valence-electron chi connectivity index (χ3n) is 8.80. The van der Waals surface area contributed by atoms with E-state index in [0.29, 0.717) is 16.7 Å². The lowest BCUT2D eigenvalue weighted by Gasteiger charge is -2.61. The molecule has 0 spiro atoms. The summed E-state index contributed by atoms with van der Waals surface area (Å²) in [4.78, 5) is 0. The van der Waals surface area contributed by atoms with Crippen molar-refractivity contribution in [2.45, 2.75) is 84.7 Å². The lowest BCUT2D eigenvalue weighted by atomic mass is 9.44. The third-order valence-corrected chi connectivity index (χ3v) is 8.80. The van der Waals surface area contributed by atoms with Crippen LogP contribution in [0.4, 0.5) is 0 Å². The molecular weight excluding hydrogens is 268 g/mol. The van der Waals surface area contributed by atoms with E-state index in [9.17, 15) is 5.11 Å². The van der Waals surface area contributed by atoms with Crippen LogP contribution >= 0.6 is 0 Å². The Morgan fingerprint density at radius 1 is 1.05 bits per heavy atom. The molecule has 4 saturated carbocycles. The second kappa shape index (κ2) is 5.10. The Balaban J connectivity index is 1.70. The fourth-order valence-corrected chi connectivity index (χ4v) is 7.58. The van der Waals surface area contributed by atoms with E-state index in [1.54, 1.807) is 5.57 Å². The van der Waals surface area contributed by atoms with Gasteiger partial charge < -0.3 is 5.11 Å². The number of hydrogen-bond acceptors (Lipinski definition) is 1. The number of fused-ring (bicyclic) bond motifs is 5. The maximum absolute atomic E-state index is 11.1. The zero-order valence-corrected chi connectivity index (χ0v) is 14.8.